The Bertz CT molecular complexity index is 135. The molecule has 0 bridgehead atoms. The lowest BCUT2D eigenvalue weighted by atomic mass is 10.6. The number of nitrogens with two attached hydrogens (primary N) is 1. The normalized spacial score (nSPS) is 9.23. The Morgan fingerprint density at radius 3 is 1.38 bits per heavy atom. The number of hydrogen-bond acceptors (Lipinski definition) is 4. The summed E-state index contributed by atoms with van der Waals surface area (Å²) in [5.41, 5.74) is 4.73. The van der Waals surface area contributed by atoms with E-state index in [1.54, 1.807) is 0 Å². The Balaban J connectivity index is -0.000000117. The van der Waals surface area contributed by atoms with Gasteiger partial charge in [-0.2, -0.15) is 0 Å². The first-order valence-electron chi connectivity index (χ1n) is 3.19. The highest BCUT2D eigenvalue weighted by atomic mass is 16.4. The molecule has 78 valence electrons. The standard InChI is InChI=1S/C3H7NO.2C2H4O2/c1-2-3(4)5;2*1-2(3)4/h2-3,5H,1,4H2;2*1H3,(H,3,4). The highest BCUT2D eigenvalue weighted by Gasteiger charge is 1.74. The van der Waals surface area contributed by atoms with Gasteiger partial charge < -0.3 is 21.1 Å². The van der Waals surface area contributed by atoms with Gasteiger partial charge in [-0.1, -0.05) is 6.58 Å². The van der Waals surface area contributed by atoms with Gasteiger partial charge in [0.1, 0.15) is 6.23 Å². The van der Waals surface area contributed by atoms with Crippen molar-refractivity contribution in [2.24, 2.45) is 5.73 Å². The van der Waals surface area contributed by atoms with Crippen LogP contribution in [0.3, 0.4) is 0 Å². The van der Waals surface area contributed by atoms with Gasteiger partial charge in [0.15, 0.2) is 0 Å². The zero-order valence-electron chi connectivity index (χ0n) is 7.60. The van der Waals surface area contributed by atoms with Crippen molar-refractivity contribution in [1.82, 2.24) is 0 Å². The number of rotatable bonds is 1. The van der Waals surface area contributed by atoms with E-state index in [0.717, 1.165) is 13.8 Å². The van der Waals surface area contributed by atoms with Crippen molar-refractivity contribution in [1.29, 1.82) is 0 Å². The van der Waals surface area contributed by atoms with Gasteiger partial charge in [-0.25, -0.2) is 0 Å². The summed E-state index contributed by atoms with van der Waals surface area (Å²) in [6, 6.07) is 0. The zero-order valence-corrected chi connectivity index (χ0v) is 7.60. The van der Waals surface area contributed by atoms with Crippen LogP contribution in [0.4, 0.5) is 0 Å². The molecule has 0 radical (unpaired) electrons. The molecule has 0 aliphatic heterocycles. The number of aliphatic carboxylic acids is 2. The summed E-state index contributed by atoms with van der Waals surface area (Å²) in [5.74, 6) is -1.67. The first-order chi connectivity index (χ1) is 5.73. The van der Waals surface area contributed by atoms with Crippen LogP contribution in [0.15, 0.2) is 12.7 Å². The first kappa shape index (κ1) is 17.6. The van der Waals surface area contributed by atoms with Crippen LogP contribution in [0.5, 0.6) is 0 Å². The molecule has 0 rings (SSSR count). The predicted octanol–water partition coefficient (Wildman–Crippen LogP) is -0.369. The molecule has 5 N–H and O–H groups in total. The van der Waals surface area contributed by atoms with E-state index in [0.29, 0.717) is 0 Å². The summed E-state index contributed by atoms with van der Waals surface area (Å²) in [7, 11) is 0. The van der Waals surface area contributed by atoms with Crippen molar-refractivity contribution in [2.75, 3.05) is 0 Å². The van der Waals surface area contributed by atoms with Crippen molar-refractivity contribution in [3.8, 4) is 0 Å². The maximum atomic E-state index is 9.00. The van der Waals surface area contributed by atoms with E-state index >= 15 is 0 Å². The lowest BCUT2D eigenvalue weighted by molar-refractivity contribution is -0.135. The van der Waals surface area contributed by atoms with Crippen LogP contribution in [-0.4, -0.2) is 33.5 Å². The molecule has 1 atom stereocenters. The molecule has 0 amide bonds. The minimum Gasteiger partial charge on any atom is -0.481 e. The minimum absolute atomic E-state index is 0.833. The molecule has 6 heteroatoms. The zero-order chi connectivity index (χ0) is 11.4. The molecule has 0 aromatic rings. The summed E-state index contributed by atoms with van der Waals surface area (Å²) in [4.78, 5) is 18.0. The average Bonchev–Trinajstić information content (AvgIpc) is 1.84. The summed E-state index contributed by atoms with van der Waals surface area (Å²) in [5, 5.41) is 22.9. The molecular weight excluding hydrogens is 178 g/mol. The van der Waals surface area contributed by atoms with Crippen molar-refractivity contribution in [2.45, 2.75) is 20.1 Å². The lowest BCUT2D eigenvalue weighted by Gasteiger charge is -1.85. The summed E-state index contributed by atoms with van der Waals surface area (Å²) in [6.07, 6.45) is 0.398. The number of carboxylic acid groups (broad SMARTS) is 2. The van der Waals surface area contributed by atoms with Crippen molar-refractivity contribution in [3.63, 3.8) is 0 Å². The van der Waals surface area contributed by atoms with E-state index in [4.69, 9.17) is 30.6 Å². The Morgan fingerprint density at radius 2 is 1.38 bits per heavy atom. The summed E-state index contributed by atoms with van der Waals surface area (Å²) < 4.78 is 0. The molecule has 0 spiro atoms. The van der Waals surface area contributed by atoms with E-state index < -0.39 is 18.2 Å². The third-order valence-electron chi connectivity index (χ3n) is 0.241. The van der Waals surface area contributed by atoms with Crippen LogP contribution >= 0.6 is 0 Å². The fraction of sp³-hybridized carbons (Fsp3) is 0.429. The van der Waals surface area contributed by atoms with Gasteiger partial charge in [0.2, 0.25) is 0 Å². The third kappa shape index (κ3) is 2180. The van der Waals surface area contributed by atoms with Gasteiger partial charge >= 0.3 is 0 Å². The largest absolute Gasteiger partial charge is 0.481 e. The first-order valence-corrected chi connectivity index (χ1v) is 3.19. The second-order valence-electron chi connectivity index (χ2n) is 1.76. The summed E-state index contributed by atoms with van der Waals surface area (Å²) >= 11 is 0. The number of aliphatic hydroxyl groups excluding tert-OH is 1. The van der Waals surface area contributed by atoms with Crippen LogP contribution < -0.4 is 5.73 Å². The molecule has 6 nitrogen and oxygen atoms in total. The van der Waals surface area contributed by atoms with Crippen LogP contribution in [-0.2, 0) is 9.59 Å². The van der Waals surface area contributed by atoms with E-state index in [1.807, 2.05) is 0 Å². The van der Waals surface area contributed by atoms with E-state index in [1.165, 1.54) is 6.08 Å². The Kier molecular flexibility index (Phi) is 17.9. The van der Waals surface area contributed by atoms with E-state index in [-0.39, 0.29) is 0 Å². The topological polar surface area (TPSA) is 121 Å². The van der Waals surface area contributed by atoms with Crippen LogP contribution in [0, 0.1) is 0 Å². The molecule has 0 heterocycles. The highest BCUT2D eigenvalue weighted by molar-refractivity contribution is 5.63. The molecule has 0 saturated carbocycles. The molecular formula is C7H15NO5. The van der Waals surface area contributed by atoms with Gasteiger partial charge in [-0.3, -0.25) is 9.59 Å². The van der Waals surface area contributed by atoms with Gasteiger partial charge in [-0.05, 0) is 6.08 Å². The van der Waals surface area contributed by atoms with Gasteiger partial charge in [-0.15, -0.1) is 0 Å². The average molecular weight is 193 g/mol. The Hall–Kier alpha value is -1.40. The Labute approximate surface area is 76.3 Å². The monoisotopic (exact) mass is 193 g/mol. The molecule has 1 unspecified atom stereocenters. The SMILES string of the molecule is C=CC(N)O.CC(=O)O.CC(=O)O. The fourth-order valence-corrected chi connectivity index (χ4v) is 0. The molecule has 0 fully saturated rings. The summed E-state index contributed by atoms with van der Waals surface area (Å²) in [6.45, 7) is 5.35. The number of aliphatic hydroxyl groups is 1. The predicted molar refractivity (Wildman–Crippen MR) is 47.0 cm³/mol. The van der Waals surface area contributed by atoms with Crippen LogP contribution in [0.1, 0.15) is 13.8 Å². The second kappa shape index (κ2) is 13.2. The smallest absolute Gasteiger partial charge is 0.300 e. The van der Waals surface area contributed by atoms with Gasteiger partial charge in [0.25, 0.3) is 11.9 Å². The molecule has 0 saturated heterocycles. The fourth-order valence-electron chi connectivity index (χ4n) is 0. The van der Waals surface area contributed by atoms with Gasteiger partial charge in [0, 0.05) is 13.8 Å². The molecule has 0 aromatic carbocycles. The van der Waals surface area contributed by atoms with Gasteiger partial charge in [0.05, 0.1) is 0 Å². The van der Waals surface area contributed by atoms with E-state index in [9.17, 15) is 0 Å². The van der Waals surface area contributed by atoms with Crippen molar-refractivity contribution in [3.05, 3.63) is 12.7 Å². The maximum absolute atomic E-state index is 9.00. The van der Waals surface area contributed by atoms with Crippen molar-refractivity contribution < 1.29 is 24.9 Å². The second-order valence-corrected chi connectivity index (χ2v) is 1.76. The maximum Gasteiger partial charge on any atom is 0.300 e. The van der Waals surface area contributed by atoms with Crippen LogP contribution in [0.2, 0.25) is 0 Å². The molecule has 0 aromatic heterocycles. The third-order valence-corrected chi connectivity index (χ3v) is 0.241. The highest BCUT2D eigenvalue weighted by Crippen LogP contribution is 1.61. The number of hydrogen-bond donors (Lipinski definition) is 4. The minimum atomic E-state index is -0.852. The number of carbonyl (C=O) groups is 2. The van der Waals surface area contributed by atoms with Crippen LogP contribution in [0.25, 0.3) is 0 Å². The lowest BCUT2D eigenvalue weighted by Crippen LogP contribution is -2.13. The Morgan fingerprint density at radius 1 is 1.31 bits per heavy atom. The van der Waals surface area contributed by atoms with E-state index in [2.05, 4.69) is 6.58 Å². The number of carboxylic acids is 2. The quantitative estimate of drug-likeness (QED) is 0.333. The molecule has 0 aliphatic rings. The van der Waals surface area contributed by atoms with Crippen molar-refractivity contribution >= 4 is 11.9 Å². The molecule has 13 heavy (non-hydrogen) atoms. The molecule has 0 aliphatic carbocycles.